The van der Waals surface area contributed by atoms with E-state index in [2.05, 4.69) is 51.8 Å². The van der Waals surface area contributed by atoms with Crippen molar-refractivity contribution in [2.45, 2.75) is 27.7 Å². The van der Waals surface area contributed by atoms with E-state index in [4.69, 9.17) is 0 Å². The van der Waals surface area contributed by atoms with Crippen LogP contribution in [0.2, 0.25) is 0 Å². The van der Waals surface area contributed by atoms with Crippen molar-refractivity contribution in [3.63, 3.8) is 0 Å². The first kappa shape index (κ1) is 10.2. The molecular weight excluding hydrogens is 160 g/mol. The second-order valence-electron chi connectivity index (χ2n) is 4.26. The maximum absolute atomic E-state index is 4.03. The van der Waals surface area contributed by atoms with Crippen molar-refractivity contribution >= 4 is 0 Å². The van der Waals surface area contributed by atoms with Crippen LogP contribution in [0.25, 0.3) is 0 Å². The minimum Gasteiger partial charge on any atom is -0.299 e. The summed E-state index contributed by atoms with van der Waals surface area (Å²) in [5.74, 6) is 1.09. The molecule has 2 nitrogen and oxygen atoms in total. The Morgan fingerprint density at radius 2 is 1.69 bits per heavy atom. The Kier molecular flexibility index (Phi) is 2.69. The molecular formula is C11H20N2. The second-order valence-corrected chi connectivity index (χ2v) is 4.26. The van der Waals surface area contributed by atoms with Crippen molar-refractivity contribution < 1.29 is 0 Å². The lowest BCUT2D eigenvalue weighted by atomic mass is 9.95. The van der Waals surface area contributed by atoms with Gasteiger partial charge in [0, 0.05) is 18.3 Å². The molecule has 13 heavy (non-hydrogen) atoms. The first-order chi connectivity index (χ1) is 5.95. The monoisotopic (exact) mass is 180 g/mol. The largest absolute Gasteiger partial charge is 0.299 e. The third-order valence-electron chi connectivity index (χ3n) is 2.39. The van der Waals surface area contributed by atoms with E-state index in [1.807, 2.05) is 0 Å². The van der Waals surface area contributed by atoms with Gasteiger partial charge in [-0.2, -0.15) is 0 Å². The molecule has 2 heteroatoms. The van der Waals surface area contributed by atoms with Crippen LogP contribution in [0, 0.1) is 11.8 Å². The Labute approximate surface area is 81.3 Å². The highest BCUT2D eigenvalue weighted by Crippen LogP contribution is 2.31. The highest BCUT2D eigenvalue weighted by molar-refractivity contribution is 5.38. The minimum atomic E-state index is 0.544. The van der Waals surface area contributed by atoms with Crippen LogP contribution >= 0.6 is 0 Å². The number of nitrogens with one attached hydrogen (secondary N) is 1. The van der Waals surface area contributed by atoms with Crippen molar-refractivity contribution in [3.8, 4) is 0 Å². The number of rotatable bonds is 2. The number of hydrazine groups is 1. The Morgan fingerprint density at radius 3 is 2.00 bits per heavy atom. The van der Waals surface area contributed by atoms with Crippen molar-refractivity contribution in [1.29, 1.82) is 0 Å². The zero-order chi connectivity index (χ0) is 10.2. The standard InChI is InChI=1S/C11H20N2/c1-7(2)10-9(5)12-13(6)11(10)8(3)4/h7-8,12H,5H2,1-4,6H3. The lowest BCUT2D eigenvalue weighted by Crippen LogP contribution is -2.27. The molecule has 0 saturated heterocycles. The van der Waals surface area contributed by atoms with E-state index >= 15 is 0 Å². The summed E-state index contributed by atoms with van der Waals surface area (Å²) in [5.41, 5.74) is 7.05. The molecule has 74 valence electrons. The zero-order valence-electron chi connectivity index (χ0n) is 9.31. The Bertz CT molecular complexity index is 249. The molecule has 0 amide bonds. The molecule has 0 aromatic carbocycles. The third-order valence-corrected chi connectivity index (χ3v) is 2.39. The van der Waals surface area contributed by atoms with Crippen LogP contribution in [0.3, 0.4) is 0 Å². The van der Waals surface area contributed by atoms with Crippen molar-refractivity contribution in [2.24, 2.45) is 11.8 Å². The van der Waals surface area contributed by atoms with E-state index < -0.39 is 0 Å². The van der Waals surface area contributed by atoms with Gasteiger partial charge in [0.1, 0.15) is 0 Å². The van der Waals surface area contributed by atoms with Gasteiger partial charge in [-0.3, -0.25) is 10.4 Å². The van der Waals surface area contributed by atoms with Crippen LogP contribution in [0.15, 0.2) is 23.5 Å². The van der Waals surface area contributed by atoms with E-state index in [0.717, 1.165) is 5.70 Å². The summed E-state index contributed by atoms with van der Waals surface area (Å²) < 4.78 is 0. The number of allylic oxidation sites excluding steroid dienone is 2. The average Bonchev–Trinajstić information content (AvgIpc) is 2.24. The molecule has 0 saturated carbocycles. The van der Waals surface area contributed by atoms with E-state index in [1.165, 1.54) is 11.3 Å². The number of hydrogen-bond acceptors (Lipinski definition) is 2. The quantitative estimate of drug-likeness (QED) is 0.702. The predicted octanol–water partition coefficient (Wildman–Crippen LogP) is 2.52. The molecule has 0 atom stereocenters. The van der Waals surface area contributed by atoms with Gasteiger partial charge in [-0.25, -0.2) is 0 Å². The molecule has 0 aliphatic carbocycles. The summed E-state index contributed by atoms with van der Waals surface area (Å²) in [4.78, 5) is 0. The van der Waals surface area contributed by atoms with Crippen LogP contribution in [0.1, 0.15) is 27.7 Å². The molecule has 1 heterocycles. The van der Waals surface area contributed by atoms with Gasteiger partial charge < -0.3 is 0 Å². The van der Waals surface area contributed by atoms with Crippen LogP contribution in [-0.4, -0.2) is 12.1 Å². The molecule has 0 bridgehead atoms. The average molecular weight is 180 g/mol. The summed E-state index contributed by atoms with van der Waals surface area (Å²) in [6.07, 6.45) is 0. The van der Waals surface area contributed by atoms with E-state index in [1.54, 1.807) is 0 Å². The lowest BCUT2D eigenvalue weighted by Gasteiger charge is -2.20. The Balaban J connectivity index is 3.10. The lowest BCUT2D eigenvalue weighted by molar-refractivity contribution is 0.333. The van der Waals surface area contributed by atoms with Gasteiger partial charge >= 0.3 is 0 Å². The fourth-order valence-electron chi connectivity index (χ4n) is 2.00. The first-order valence-corrected chi connectivity index (χ1v) is 4.88. The highest BCUT2D eigenvalue weighted by atomic mass is 15.5. The topological polar surface area (TPSA) is 15.3 Å². The molecule has 0 aromatic heterocycles. The van der Waals surface area contributed by atoms with Crippen LogP contribution in [0.5, 0.6) is 0 Å². The Morgan fingerprint density at radius 1 is 1.15 bits per heavy atom. The fourth-order valence-corrected chi connectivity index (χ4v) is 2.00. The number of nitrogens with zero attached hydrogens (tertiary/aromatic N) is 1. The van der Waals surface area contributed by atoms with Crippen molar-refractivity contribution in [2.75, 3.05) is 7.05 Å². The zero-order valence-corrected chi connectivity index (χ0v) is 9.31. The molecule has 1 aliphatic heterocycles. The van der Waals surface area contributed by atoms with Crippen LogP contribution < -0.4 is 5.43 Å². The number of hydrogen-bond donors (Lipinski definition) is 1. The molecule has 1 aliphatic rings. The van der Waals surface area contributed by atoms with Gasteiger partial charge in [0.25, 0.3) is 0 Å². The fraction of sp³-hybridized carbons (Fsp3) is 0.636. The van der Waals surface area contributed by atoms with Gasteiger partial charge in [0.2, 0.25) is 0 Å². The van der Waals surface area contributed by atoms with Crippen LogP contribution in [-0.2, 0) is 0 Å². The van der Waals surface area contributed by atoms with Crippen molar-refractivity contribution in [1.82, 2.24) is 10.4 Å². The summed E-state index contributed by atoms with van der Waals surface area (Å²) in [6, 6.07) is 0. The van der Waals surface area contributed by atoms with E-state index in [9.17, 15) is 0 Å². The first-order valence-electron chi connectivity index (χ1n) is 4.88. The normalized spacial score (nSPS) is 17.8. The molecule has 0 fully saturated rings. The van der Waals surface area contributed by atoms with Gasteiger partial charge in [0.15, 0.2) is 0 Å². The van der Waals surface area contributed by atoms with Gasteiger partial charge in [-0.05, 0) is 11.8 Å². The SMILES string of the molecule is C=C1NN(C)C(C(C)C)=C1C(C)C. The summed E-state index contributed by atoms with van der Waals surface area (Å²) in [5, 5.41) is 2.09. The molecule has 0 unspecified atom stereocenters. The minimum absolute atomic E-state index is 0.544. The molecule has 0 spiro atoms. The molecule has 1 N–H and O–H groups in total. The van der Waals surface area contributed by atoms with Gasteiger partial charge in [0.05, 0.1) is 5.70 Å². The summed E-state index contributed by atoms with van der Waals surface area (Å²) in [7, 11) is 2.05. The maximum Gasteiger partial charge on any atom is 0.0522 e. The van der Waals surface area contributed by atoms with Gasteiger partial charge in [-0.1, -0.05) is 34.3 Å². The maximum atomic E-state index is 4.03. The molecule has 0 aromatic rings. The van der Waals surface area contributed by atoms with E-state index in [0.29, 0.717) is 11.8 Å². The summed E-state index contributed by atoms with van der Waals surface area (Å²) >= 11 is 0. The molecule has 1 rings (SSSR count). The second kappa shape index (κ2) is 3.44. The summed E-state index contributed by atoms with van der Waals surface area (Å²) in [6.45, 7) is 12.9. The van der Waals surface area contributed by atoms with Gasteiger partial charge in [-0.15, -0.1) is 0 Å². The molecule has 0 radical (unpaired) electrons. The smallest absolute Gasteiger partial charge is 0.0522 e. The van der Waals surface area contributed by atoms with Crippen molar-refractivity contribution in [3.05, 3.63) is 23.5 Å². The van der Waals surface area contributed by atoms with Crippen LogP contribution in [0.4, 0.5) is 0 Å². The Hall–Kier alpha value is -0.920. The highest BCUT2D eigenvalue weighted by Gasteiger charge is 2.25. The predicted molar refractivity (Wildman–Crippen MR) is 56.7 cm³/mol. The van der Waals surface area contributed by atoms with E-state index in [-0.39, 0.29) is 0 Å². The third kappa shape index (κ3) is 1.71.